The van der Waals surface area contributed by atoms with Crippen LogP contribution in [0.1, 0.15) is 31.2 Å². The quantitative estimate of drug-likeness (QED) is 0.640. The number of ether oxygens (including phenoxy) is 4. The van der Waals surface area contributed by atoms with Gasteiger partial charge in [-0.25, -0.2) is 9.59 Å². The van der Waals surface area contributed by atoms with Gasteiger partial charge >= 0.3 is 12.1 Å². The van der Waals surface area contributed by atoms with Crippen molar-refractivity contribution in [2.24, 2.45) is 0 Å². The molecule has 3 rings (SSSR count). The first-order chi connectivity index (χ1) is 13.1. The van der Waals surface area contributed by atoms with E-state index >= 15 is 0 Å². The number of carbonyl (C=O) groups is 3. The Bertz CT molecular complexity index is 657. The fourth-order valence-corrected chi connectivity index (χ4v) is 2.98. The molecule has 2 aliphatic rings. The van der Waals surface area contributed by atoms with E-state index in [4.69, 9.17) is 18.9 Å². The maximum absolute atomic E-state index is 12.3. The highest BCUT2D eigenvalue weighted by atomic mass is 16.7. The SMILES string of the molecule is O=C(CCC1OCCO1)CC[C@H]1C(=O)OCN1C(=O)OCc1ccccc1. The number of cyclic esters (lactones) is 1. The van der Waals surface area contributed by atoms with Crippen molar-refractivity contribution >= 4 is 17.8 Å². The summed E-state index contributed by atoms with van der Waals surface area (Å²) in [5.74, 6) is -0.520. The van der Waals surface area contributed by atoms with Gasteiger partial charge in [0, 0.05) is 19.3 Å². The van der Waals surface area contributed by atoms with Gasteiger partial charge in [0.2, 0.25) is 0 Å². The lowest BCUT2D eigenvalue weighted by Gasteiger charge is -2.19. The second kappa shape index (κ2) is 9.48. The number of rotatable bonds is 8. The summed E-state index contributed by atoms with van der Waals surface area (Å²) in [6, 6.07) is 8.45. The molecule has 1 aromatic rings. The first-order valence-electron chi connectivity index (χ1n) is 9.02. The molecule has 1 atom stereocenters. The van der Waals surface area contributed by atoms with Crippen LogP contribution in [0.15, 0.2) is 30.3 Å². The lowest BCUT2D eigenvalue weighted by molar-refractivity contribution is -0.139. The summed E-state index contributed by atoms with van der Waals surface area (Å²) in [4.78, 5) is 37.5. The van der Waals surface area contributed by atoms with Crippen LogP contribution in [0.3, 0.4) is 0 Å². The zero-order valence-electron chi connectivity index (χ0n) is 15.0. The van der Waals surface area contributed by atoms with Gasteiger partial charge in [0.1, 0.15) is 18.4 Å². The van der Waals surface area contributed by atoms with E-state index in [0.717, 1.165) is 5.56 Å². The van der Waals surface area contributed by atoms with Gasteiger partial charge in [-0.2, -0.15) is 0 Å². The van der Waals surface area contributed by atoms with Crippen LogP contribution in [-0.2, 0) is 35.1 Å². The fourth-order valence-electron chi connectivity index (χ4n) is 2.98. The molecule has 0 aromatic heterocycles. The predicted molar refractivity (Wildman–Crippen MR) is 92.4 cm³/mol. The molecule has 8 heteroatoms. The number of esters is 1. The Morgan fingerprint density at radius 3 is 2.52 bits per heavy atom. The van der Waals surface area contributed by atoms with Crippen LogP contribution < -0.4 is 0 Å². The Labute approximate surface area is 157 Å². The Kier molecular flexibility index (Phi) is 6.78. The molecule has 0 N–H and O–H groups in total. The molecule has 0 radical (unpaired) electrons. The number of ketones is 1. The van der Waals surface area contributed by atoms with E-state index in [-0.39, 0.29) is 38.3 Å². The Morgan fingerprint density at radius 1 is 1.07 bits per heavy atom. The standard InChI is InChI=1S/C19H23NO7/c21-15(7-9-17-24-10-11-25-17)6-8-16-18(22)27-13-20(16)19(23)26-12-14-4-2-1-3-5-14/h1-5,16-17H,6-13H2/t16-/m0/s1. The number of Topliss-reactive ketones (excluding diaryl/α,β-unsaturated/α-hetero) is 1. The topological polar surface area (TPSA) is 91.4 Å². The number of hydrogen-bond acceptors (Lipinski definition) is 7. The van der Waals surface area contributed by atoms with Crippen molar-refractivity contribution in [3.63, 3.8) is 0 Å². The molecule has 2 aliphatic heterocycles. The molecule has 0 unspecified atom stereocenters. The average molecular weight is 377 g/mol. The number of amides is 1. The maximum atomic E-state index is 12.3. The molecular weight excluding hydrogens is 354 g/mol. The number of carbonyl (C=O) groups excluding carboxylic acids is 3. The fraction of sp³-hybridized carbons (Fsp3) is 0.526. The van der Waals surface area contributed by atoms with Crippen LogP contribution in [0.5, 0.6) is 0 Å². The second-order valence-electron chi connectivity index (χ2n) is 6.41. The molecular formula is C19H23NO7. The molecule has 1 amide bonds. The van der Waals surface area contributed by atoms with E-state index in [1.54, 1.807) is 0 Å². The van der Waals surface area contributed by atoms with Crippen molar-refractivity contribution in [1.29, 1.82) is 0 Å². The van der Waals surface area contributed by atoms with Crippen LogP contribution in [0.25, 0.3) is 0 Å². The second-order valence-corrected chi connectivity index (χ2v) is 6.41. The van der Waals surface area contributed by atoms with E-state index in [0.29, 0.717) is 26.1 Å². The summed E-state index contributed by atoms with van der Waals surface area (Å²) < 4.78 is 20.8. The summed E-state index contributed by atoms with van der Waals surface area (Å²) >= 11 is 0. The van der Waals surface area contributed by atoms with Gasteiger partial charge in [0.25, 0.3) is 0 Å². The van der Waals surface area contributed by atoms with E-state index in [9.17, 15) is 14.4 Å². The average Bonchev–Trinajstić information content (AvgIpc) is 3.33. The van der Waals surface area contributed by atoms with Crippen LogP contribution in [0.2, 0.25) is 0 Å². The normalized spacial score (nSPS) is 19.9. The summed E-state index contributed by atoms with van der Waals surface area (Å²) in [5.41, 5.74) is 0.848. The zero-order valence-corrected chi connectivity index (χ0v) is 15.0. The lowest BCUT2D eigenvalue weighted by Crippen LogP contribution is -2.38. The predicted octanol–water partition coefficient (Wildman–Crippen LogP) is 2.01. The number of nitrogens with zero attached hydrogens (tertiary/aromatic N) is 1. The van der Waals surface area contributed by atoms with E-state index in [1.807, 2.05) is 30.3 Å². The first kappa shape index (κ1) is 19.3. The highest BCUT2D eigenvalue weighted by Gasteiger charge is 2.38. The molecule has 2 saturated heterocycles. The van der Waals surface area contributed by atoms with E-state index in [2.05, 4.69) is 0 Å². The van der Waals surface area contributed by atoms with Crippen molar-refractivity contribution in [1.82, 2.24) is 4.90 Å². The van der Waals surface area contributed by atoms with Crippen molar-refractivity contribution in [3.05, 3.63) is 35.9 Å². The van der Waals surface area contributed by atoms with Crippen LogP contribution in [-0.4, -0.2) is 55.0 Å². The molecule has 2 heterocycles. The summed E-state index contributed by atoms with van der Waals surface area (Å²) in [5, 5.41) is 0. The molecule has 8 nitrogen and oxygen atoms in total. The molecule has 27 heavy (non-hydrogen) atoms. The third-order valence-corrected chi connectivity index (χ3v) is 4.48. The van der Waals surface area contributed by atoms with Crippen molar-refractivity contribution < 1.29 is 33.3 Å². The smallest absolute Gasteiger partial charge is 0.413 e. The maximum Gasteiger partial charge on any atom is 0.413 e. The largest absolute Gasteiger partial charge is 0.444 e. The van der Waals surface area contributed by atoms with Gasteiger partial charge < -0.3 is 18.9 Å². The highest BCUT2D eigenvalue weighted by molar-refractivity contribution is 5.85. The monoisotopic (exact) mass is 377 g/mol. The molecule has 0 spiro atoms. The molecule has 0 aliphatic carbocycles. The zero-order chi connectivity index (χ0) is 19.1. The summed E-state index contributed by atoms with van der Waals surface area (Å²) in [7, 11) is 0. The Hall–Kier alpha value is -2.45. The number of hydrogen-bond donors (Lipinski definition) is 0. The van der Waals surface area contributed by atoms with Crippen molar-refractivity contribution in [2.75, 3.05) is 19.9 Å². The van der Waals surface area contributed by atoms with Gasteiger partial charge in [-0.1, -0.05) is 30.3 Å². The van der Waals surface area contributed by atoms with Crippen molar-refractivity contribution in [3.8, 4) is 0 Å². The van der Waals surface area contributed by atoms with E-state index < -0.39 is 18.1 Å². The Morgan fingerprint density at radius 2 is 1.78 bits per heavy atom. The van der Waals surface area contributed by atoms with Gasteiger partial charge in [0.05, 0.1) is 13.2 Å². The van der Waals surface area contributed by atoms with Gasteiger partial charge in [0.15, 0.2) is 13.0 Å². The highest BCUT2D eigenvalue weighted by Crippen LogP contribution is 2.19. The summed E-state index contributed by atoms with van der Waals surface area (Å²) in [6.45, 7) is 1.05. The minimum Gasteiger partial charge on any atom is -0.444 e. The minimum atomic E-state index is -0.795. The molecule has 0 bridgehead atoms. The number of benzene rings is 1. The van der Waals surface area contributed by atoms with Gasteiger partial charge in [-0.15, -0.1) is 0 Å². The first-order valence-corrected chi connectivity index (χ1v) is 9.02. The van der Waals surface area contributed by atoms with Crippen LogP contribution in [0.4, 0.5) is 4.79 Å². The third kappa shape index (κ3) is 5.51. The Balaban J connectivity index is 1.43. The molecule has 0 saturated carbocycles. The van der Waals surface area contributed by atoms with Gasteiger partial charge in [-0.05, 0) is 12.0 Å². The van der Waals surface area contributed by atoms with E-state index in [1.165, 1.54) is 4.90 Å². The van der Waals surface area contributed by atoms with Gasteiger partial charge in [-0.3, -0.25) is 9.69 Å². The molecule has 146 valence electrons. The lowest BCUT2D eigenvalue weighted by atomic mass is 10.1. The summed E-state index contributed by atoms with van der Waals surface area (Å²) in [6.07, 6.45) is 0.242. The van der Waals surface area contributed by atoms with Crippen LogP contribution in [0, 0.1) is 0 Å². The molecule has 1 aromatic carbocycles. The van der Waals surface area contributed by atoms with Crippen molar-refractivity contribution in [2.45, 2.75) is 44.6 Å². The molecule has 2 fully saturated rings. The third-order valence-electron chi connectivity index (χ3n) is 4.48. The van der Waals surface area contributed by atoms with Crippen LogP contribution >= 0.6 is 0 Å². The minimum absolute atomic E-state index is 0.00796.